The van der Waals surface area contributed by atoms with Gasteiger partial charge in [0.2, 0.25) is 0 Å². The number of fused-ring (bicyclic) bond motifs is 1. The first-order valence-corrected chi connectivity index (χ1v) is 12.8. The van der Waals surface area contributed by atoms with Gasteiger partial charge in [0.15, 0.2) is 9.84 Å². The molecule has 0 spiro atoms. The van der Waals surface area contributed by atoms with Gasteiger partial charge in [0.05, 0.1) is 16.2 Å². The zero-order valence-electron chi connectivity index (χ0n) is 18.4. The van der Waals surface area contributed by atoms with E-state index in [2.05, 4.69) is 16.8 Å². The second kappa shape index (κ2) is 9.79. The number of benzene rings is 2. The first-order chi connectivity index (χ1) is 15.5. The van der Waals surface area contributed by atoms with E-state index in [1.165, 1.54) is 12.8 Å². The van der Waals surface area contributed by atoms with Crippen molar-refractivity contribution in [1.82, 2.24) is 14.8 Å². The maximum absolute atomic E-state index is 13.1. The number of sulfone groups is 1. The van der Waals surface area contributed by atoms with Gasteiger partial charge in [-0.2, -0.15) is 0 Å². The Kier molecular flexibility index (Phi) is 6.86. The summed E-state index contributed by atoms with van der Waals surface area (Å²) in [5.74, 6) is -0.124. The van der Waals surface area contributed by atoms with Gasteiger partial charge in [-0.25, -0.2) is 8.42 Å². The largest absolute Gasteiger partial charge is 0.336 e. The Balaban J connectivity index is 1.43. The van der Waals surface area contributed by atoms with Crippen molar-refractivity contribution in [1.29, 1.82) is 0 Å². The Morgan fingerprint density at radius 2 is 1.69 bits per heavy atom. The number of amides is 1. The first kappa shape index (κ1) is 22.4. The Morgan fingerprint density at radius 1 is 0.969 bits per heavy atom. The third kappa shape index (κ3) is 5.00. The average Bonchev–Trinajstić information content (AvgIpc) is 2.82. The number of pyridine rings is 1. The maximum Gasteiger partial charge on any atom is 0.253 e. The van der Waals surface area contributed by atoms with Gasteiger partial charge < -0.3 is 4.90 Å². The van der Waals surface area contributed by atoms with Crippen LogP contribution in [0, 0.1) is 0 Å². The molecule has 0 bridgehead atoms. The van der Waals surface area contributed by atoms with Gasteiger partial charge in [0, 0.05) is 43.3 Å². The highest BCUT2D eigenvalue weighted by Crippen LogP contribution is 2.24. The summed E-state index contributed by atoms with van der Waals surface area (Å²) in [6.45, 7) is 6.54. The van der Waals surface area contributed by atoms with E-state index in [4.69, 9.17) is 0 Å². The normalized spacial score (nSPS) is 15.2. The topological polar surface area (TPSA) is 70.6 Å². The van der Waals surface area contributed by atoms with Gasteiger partial charge in [0.25, 0.3) is 5.91 Å². The molecule has 0 N–H and O–H groups in total. The van der Waals surface area contributed by atoms with Gasteiger partial charge in [-0.3, -0.25) is 14.7 Å². The van der Waals surface area contributed by atoms with E-state index in [-0.39, 0.29) is 16.6 Å². The monoisotopic (exact) mass is 451 g/mol. The zero-order valence-corrected chi connectivity index (χ0v) is 19.2. The number of hydrogen-bond acceptors (Lipinski definition) is 5. The molecule has 1 aromatic heterocycles. The zero-order chi connectivity index (χ0) is 22.6. The van der Waals surface area contributed by atoms with Crippen molar-refractivity contribution >= 4 is 26.6 Å². The molecule has 6 nitrogen and oxygen atoms in total. The quantitative estimate of drug-likeness (QED) is 0.547. The van der Waals surface area contributed by atoms with Crippen molar-refractivity contribution in [2.45, 2.75) is 30.4 Å². The van der Waals surface area contributed by atoms with Crippen LogP contribution in [-0.2, 0) is 15.6 Å². The fraction of sp³-hybridized carbons (Fsp3) is 0.360. The lowest BCUT2D eigenvalue weighted by Gasteiger charge is -2.34. The summed E-state index contributed by atoms with van der Waals surface area (Å²) in [5, 5.41) is 0.796. The Bertz CT molecular complexity index is 1180. The molecule has 1 amide bonds. The molecule has 7 heteroatoms. The minimum Gasteiger partial charge on any atom is -0.336 e. The minimum atomic E-state index is -3.57. The second-order valence-electron chi connectivity index (χ2n) is 8.27. The van der Waals surface area contributed by atoms with Crippen LogP contribution in [0.15, 0.2) is 65.7 Å². The Morgan fingerprint density at radius 3 is 2.41 bits per heavy atom. The van der Waals surface area contributed by atoms with Crippen LogP contribution in [0.2, 0.25) is 0 Å². The lowest BCUT2D eigenvalue weighted by molar-refractivity contribution is 0.0635. The molecule has 1 aliphatic rings. The summed E-state index contributed by atoms with van der Waals surface area (Å²) in [7, 11) is -3.57. The van der Waals surface area contributed by atoms with Crippen LogP contribution in [0.25, 0.3) is 10.9 Å². The van der Waals surface area contributed by atoms with Gasteiger partial charge in [-0.1, -0.05) is 43.7 Å². The van der Waals surface area contributed by atoms with Gasteiger partial charge in [-0.15, -0.1) is 0 Å². The highest BCUT2D eigenvalue weighted by atomic mass is 32.2. The van der Waals surface area contributed by atoms with Gasteiger partial charge in [-0.05, 0) is 42.8 Å². The number of piperazine rings is 1. The van der Waals surface area contributed by atoms with Crippen molar-refractivity contribution in [3.63, 3.8) is 0 Å². The molecule has 0 unspecified atom stereocenters. The predicted octanol–water partition coefficient (Wildman–Crippen LogP) is 3.77. The molecule has 0 aliphatic carbocycles. The van der Waals surface area contributed by atoms with Crippen LogP contribution in [0.5, 0.6) is 0 Å². The van der Waals surface area contributed by atoms with E-state index in [0.29, 0.717) is 16.6 Å². The number of nitrogens with zero attached hydrogens (tertiary/aromatic N) is 3. The van der Waals surface area contributed by atoms with E-state index >= 15 is 0 Å². The van der Waals surface area contributed by atoms with Gasteiger partial charge >= 0.3 is 0 Å². The van der Waals surface area contributed by atoms with E-state index in [9.17, 15) is 13.2 Å². The van der Waals surface area contributed by atoms with E-state index in [0.717, 1.165) is 38.1 Å². The lowest BCUT2D eigenvalue weighted by atomic mass is 10.1. The molecular weight excluding hydrogens is 422 g/mol. The molecule has 2 aromatic carbocycles. The molecular formula is C25H29N3O3S. The van der Waals surface area contributed by atoms with Crippen molar-refractivity contribution in [2.75, 3.05) is 32.7 Å². The lowest BCUT2D eigenvalue weighted by Crippen LogP contribution is -2.48. The number of carbonyl (C=O) groups excluding carboxylic acids is 1. The predicted molar refractivity (Wildman–Crippen MR) is 126 cm³/mol. The summed E-state index contributed by atoms with van der Waals surface area (Å²) < 4.78 is 26.1. The standard InChI is InChI=1S/C25H29N3O3S/c1-2-3-14-27-15-17-28(18-16-27)25(29)22-11-9-20(10-12-22)19-32(30,31)23-8-4-6-21-7-5-13-26-24(21)23/h4-13H,2-3,14-19H2,1H3. The Labute approximate surface area is 189 Å². The fourth-order valence-corrected chi connectivity index (χ4v) is 5.64. The van der Waals surface area contributed by atoms with Crippen LogP contribution in [0.1, 0.15) is 35.7 Å². The molecule has 1 fully saturated rings. The van der Waals surface area contributed by atoms with Crippen LogP contribution < -0.4 is 0 Å². The molecule has 0 saturated carbocycles. The fourth-order valence-electron chi connectivity index (χ4n) is 4.11. The van der Waals surface area contributed by atoms with E-state index < -0.39 is 9.84 Å². The van der Waals surface area contributed by atoms with Crippen LogP contribution in [0.4, 0.5) is 0 Å². The van der Waals surface area contributed by atoms with Crippen molar-refractivity contribution in [3.8, 4) is 0 Å². The smallest absolute Gasteiger partial charge is 0.253 e. The molecule has 0 radical (unpaired) electrons. The van der Waals surface area contributed by atoms with Crippen LogP contribution >= 0.6 is 0 Å². The number of rotatable bonds is 7. The third-order valence-electron chi connectivity index (χ3n) is 5.98. The summed E-state index contributed by atoms with van der Waals surface area (Å²) in [6.07, 6.45) is 3.97. The molecule has 1 saturated heterocycles. The van der Waals surface area contributed by atoms with E-state index in [1.807, 2.05) is 17.0 Å². The number of unbranched alkanes of at least 4 members (excludes halogenated alkanes) is 1. The number of aromatic nitrogens is 1. The molecule has 168 valence electrons. The van der Waals surface area contributed by atoms with Gasteiger partial charge in [0.1, 0.15) is 0 Å². The number of para-hydroxylation sites is 1. The maximum atomic E-state index is 13.1. The molecule has 2 heterocycles. The summed E-state index contributed by atoms with van der Waals surface area (Å²) >= 11 is 0. The molecule has 1 aliphatic heterocycles. The van der Waals surface area contributed by atoms with Crippen molar-refractivity contribution < 1.29 is 13.2 Å². The molecule has 4 rings (SSSR count). The average molecular weight is 452 g/mol. The van der Waals surface area contributed by atoms with Crippen molar-refractivity contribution in [3.05, 3.63) is 71.9 Å². The first-order valence-electron chi connectivity index (χ1n) is 11.1. The Hall–Kier alpha value is -2.77. The second-order valence-corrected chi connectivity index (χ2v) is 10.2. The molecule has 32 heavy (non-hydrogen) atoms. The van der Waals surface area contributed by atoms with Crippen molar-refractivity contribution in [2.24, 2.45) is 0 Å². The molecule has 3 aromatic rings. The van der Waals surface area contributed by atoms with E-state index in [1.54, 1.807) is 48.7 Å². The minimum absolute atomic E-state index is 0.00722. The summed E-state index contributed by atoms with van der Waals surface area (Å²) in [5.41, 5.74) is 1.73. The summed E-state index contributed by atoms with van der Waals surface area (Å²) in [4.78, 5) is 21.7. The SMILES string of the molecule is CCCCN1CCN(C(=O)c2ccc(CS(=O)(=O)c3cccc4cccnc34)cc2)CC1. The van der Waals surface area contributed by atoms with Crippen LogP contribution in [0.3, 0.4) is 0 Å². The van der Waals surface area contributed by atoms with Crippen LogP contribution in [-0.4, -0.2) is 61.8 Å². The number of hydrogen-bond donors (Lipinski definition) is 0. The molecule has 0 atom stereocenters. The number of carbonyl (C=O) groups is 1. The highest BCUT2D eigenvalue weighted by molar-refractivity contribution is 7.90. The third-order valence-corrected chi connectivity index (χ3v) is 7.69. The highest BCUT2D eigenvalue weighted by Gasteiger charge is 2.23. The summed E-state index contributed by atoms with van der Waals surface area (Å²) in [6, 6.07) is 15.8.